The molecule has 1 saturated carbocycles. The van der Waals surface area contributed by atoms with Gasteiger partial charge in [0.2, 0.25) is 0 Å². The lowest BCUT2D eigenvalue weighted by molar-refractivity contribution is 0.0703. The van der Waals surface area contributed by atoms with Gasteiger partial charge in [-0.15, -0.1) is 0 Å². The molecule has 0 unspecified atom stereocenters. The molecule has 0 aromatic heterocycles. The molecule has 0 radical (unpaired) electrons. The summed E-state index contributed by atoms with van der Waals surface area (Å²) in [5, 5.41) is 0. The SMILES string of the molecule is CC(=O)c1cc(C2CC2)c(O[C@@H]2CCCN(C(c3ccccc3)c3ccccc3)C2)cc1F. The van der Waals surface area contributed by atoms with Crippen LogP contribution < -0.4 is 4.74 Å². The summed E-state index contributed by atoms with van der Waals surface area (Å²) < 4.78 is 21.1. The minimum Gasteiger partial charge on any atom is -0.489 e. The number of likely N-dealkylation sites (tertiary alicyclic amines) is 1. The van der Waals surface area contributed by atoms with Crippen LogP contribution in [0, 0.1) is 5.82 Å². The standard InChI is InChI=1S/C29H30FNO2/c1-20(32)25-17-26(21-14-15-21)28(18-27(25)30)33-24-13-8-16-31(19-24)29(22-9-4-2-5-10-22)23-11-6-3-7-12-23/h2-7,9-12,17-18,21,24,29H,8,13-16,19H2,1H3/t24-/m1/s1. The number of hydrogen-bond donors (Lipinski definition) is 0. The zero-order valence-corrected chi connectivity index (χ0v) is 19.0. The molecule has 1 saturated heterocycles. The van der Waals surface area contributed by atoms with Gasteiger partial charge in [0.25, 0.3) is 0 Å². The number of ether oxygens (including phenoxy) is 1. The molecule has 2 fully saturated rings. The molecule has 3 aromatic carbocycles. The first-order valence-corrected chi connectivity index (χ1v) is 11.9. The van der Waals surface area contributed by atoms with Crippen molar-refractivity contribution in [2.45, 2.75) is 50.7 Å². The molecule has 1 aliphatic heterocycles. The van der Waals surface area contributed by atoms with Gasteiger partial charge in [-0.2, -0.15) is 0 Å². The third-order valence-corrected chi connectivity index (χ3v) is 6.79. The van der Waals surface area contributed by atoms with E-state index in [0.717, 1.165) is 44.3 Å². The second-order valence-corrected chi connectivity index (χ2v) is 9.30. The van der Waals surface area contributed by atoms with Crippen LogP contribution in [-0.4, -0.2) is 29.9 Å². The van der Waals surface area contributed by atoms with E-state index in [-0.39, 0.29) is 23.5 Å². The molecule has 0 N–H and O–H groups in total. The molecule has 5 rings (SSSR count). The van der Waals surface area contributed by atoms with E-state index in [1.54, 1.807) is 6.07 Å². The maximum absolute atomic E-state index is 14.7. The quantitative estimate of drug-likeness (QED) is 0.388. The van der Waals surface area contributed by atoms with Gasteiger partial charge < -0.3 is 4.74 Å². The molecule has 170 valence electrons. The van der Waals surface area contributed by atoms with Crippen molar-refractivity contribution in [1.29, 1.82) is 0 Å². The number of ketones is 1. The van der Waals surface area contributed by atoms with E-state index in [0.29, 0.717) is 11.7 Å². The number of carbonyl (C=O) groups excluding carboxylic acids is 1. The van der Waals surface area contributed by atoms with E-state index in [1.165, 1.54) is 24.1 Å². The van der Waals surface area contributed by atoms with Gasteiger partial charge in [-0.25, -0.2) is 4.39 Å². The number of halogens is 1. The van der Waals surface area contributed by atoms with Crippen LogP contribution >= 0.6 is 0 Å². The number of carbonyl (C=O) groups is 1. The van der Waals surface area contributed by atoms with Crippen molar-refractivity contribution in [1.82, 2.24) is 4.90 Å². The monoisotopic (exact) mass is 443 g/mol. The first-order valence-electron chi connectivity index (χ1n) is 11.9. The van der Waals surface area contributed by atoms with Crippen LogP contribution in [0.1, 0.15) is 71.6 Å². The third kappa shape index (κ3) is 4.86. The van der Waals surface area contributed by atoms with Crippen LogP contribution in [0.25, 0.3) is 0 Å². The highest BCUT2D eigenvalue weighted by Gasteiger charge is 2.32. The number of benzene rings is 3. The second kappa shape index (κ2) is 9.48. The van der Waals surface area contributed by atoms with Gasteiger partial charge in [0.15, 0.2) is 5.78 Å². The molecule has 3 nitrogen and oxygen atoms in total. The van der Waals surface area contributed by atoms with Gasteiger partial charge in [0.1, 0.15) is 17.7 Å². The number of Topliss-reactive ketones (excluding diaryl/α,β-unsaturated/α-hetero) is 1. The lowest BCUT2D eigenvalue weighted by Gasteiger charge is -2.39. The summed E-state index contributed by atoms with van der Waals surface area (Å²) in [6.07, 6.45) is 4.08. The van der Waals surface area contributed by atoms with Crippen LogP contribution in [-0.2, 0) is 0 Å². The Balaban J connectivity index is 1.41. The highest BCUT2D eigenvalue weighted by atomic mass is 19.1. The maximum atomic E-state index is 14.7. The van der Waals surface area contributed by atoms with E-state index in [9.17, 15) is 9.18 Å². The molecule has 3 aromatic rings. The van der Waals surface area contributed by atoms with Crippen molar-refractivity contribution in [3.63, 3.8) is 0 Å². The molecule has 2 aliphatic rings. The predicted octanol–water partition coefficient (Wildman–Crippen LogP) is 6.54. The first kappa shape index (κ1) is 21.8. The second-order valence-electron chi connectivity index (χ2n) is 9.30. The smallest absolute Gasteiger partial charge is 0.162 e. The Morgan fingerprint density at radius 1 is 0.970 bits per heavy atom. The Kier molecular flexibility index (Phi) is 6.28. The average Bonchev–Trinajstić information content (AvgIpc) is 3.66. The summed E-state index contributed by atoms with van der Waals surface area (Å²) in [5.74, 6) is 0.266. The third-order valence-electron chi connectivity index (χ3n) is 6.79. The van der Waals surface area contributed by atoms with Crippen molar-refractivity contribution in [3.8, 4) is 5.75 Å². The van der Waals surface area contributed by atoms with E-state index in [1.807, 2.05) is 12.1 Å². The van der Waals surface area contributed by atoms with Gasteiger partial charge in [-0.05, 0) is 67.8 Å². The maximum Gasteiger partial charge on any atom is 0.162 e. The molecule has 1 aliphatic carbocycles. The fourth-order valence-corrected chi connectivity index (χ4v) is 5.02. The molecule has 33 heavy (non-hydrogen) atoms. The Morgan fingerprint density at radius 2 is 1.61 bits per heavy atom. The summed E-state index contributed by atoms with van der Waals surface area (Å²) in [6.45, 7) is 3.18. The van der Waals surface area contributed by atoms with Gasteiger partial charge in [-0.3, -0.25) is 9.69 Å². The fourth-order valence-electron chi connectivity index (χ4n) is 5.02. The first-order chi connectivity index (χ1) is 16.1. The molecular weight excluding hydrogens is 413 g/mol. The summed E-state index contributed by atoms with van der Waals surface area (Å²) in [6, 6.07) is 24.5. The van der Waals surface area contributed by atoms with Crippen molar-refractivity contribution in [2.75, 3.05) is 13.1 Å². The molecule has 1 atom stereocenters. The van der Waals surface area contributed by atoms with Gasteiger partial charge in [0.05, 0.1) is 11.6 Å². The Bertz CT molecular complexity index is 1070. The number of nitrogens with zero attached hydrogens (tertiary/aromatic N) is 1. The number of piperidine rings is 1. The van der Waals surface area contributed by atoms with Crippen LogP contribution in [0.2, 0.25) is 0 Å². The van der Waals surface area contributed by atoms with E-state index in [4.69, 9.17) is 4.74 Å². The van der Waals surface area contributed by atoms with Crippen LogP contribution in [0.5, 0.6) is 5.75 Å². The minimum atomic E-state index is -0.485. The number of rotatable bonds is 7. The lowest BCUT2D eigenvalue weighted by Crippen LogP contribution is -2.43. The largest absolute Gasteiger partial charge is 0.489 e. The van der Waals surface area contributed by atoms with E-state index < -0.39 is 5.82 Å². The predicted molar refractivity (Wildman–Crippen MR) is 128 cm³/mol. The normalized spacial score (nSPS) is 18.9. The zero-order valence-electron chi connectivity index (χ0n) is 19.0. The van der Waals surface area contributed by atoms with Crippen LogP contribution in [0.3, 0.4) is 0 Å². The molecule has 1 heterocycles. The molecule has 0 spiro atoms. The van der Waals surface area contributed by atoms with E-state index in [2.05, 4.69) is 53.4 Å². The molecular formula is C29H30FNO2. The van der Waals surface area contributed by atoms with Crippen molar-refractivity contribution >= 4 is 5.78 Å². The topological polar surface area (TPSA) is 29.5 Å². The average molecular weight is 444 g/mol. The summed E-state index contributed by atoms with van der Waals surface area (Å²) >= 11 is 0. The zero-order chi connectivity index (χ0) is 22.8. The highest BCUT2D eigenvalue weighted by molar-refractivity contribution is 5.94. The Morgan fingerprint density at radius 3 is 2.18 bits per heavy atom. The van der Waals surface area contributed by atoms with Crippen molar-refractivity contribution in [3.05, 3.63) is 101 Å². The molecule has 4 heteroatoms. The molecule has 0 bridgehead atoms. The lowest BCUT2D eigenvalue weighted by atomic mass is 9.94. The van der Waals surface area contributed by atoms with Crippen molar-refractivity contribution in [2.24, 2.45) is 0 Å². The minimum absolute atomic E-state index is 0.0197. The Hall–Kier alpha value is -2.98. The van der Waals surface area contributed by atoms with Crippen molar-refractivity contribution < 1.29 is 13.9 Å². The van der Waals surface area contributed by atoms with Gasteiger partial charge >= 0.3 is 0 Å². The number of hydrogen-bond acceptors (Lipinski definition) is 3. The van der Waals surface area contributed by atoms with Crippen LogP contribution in [0.4, 0.5) is 4.39 Å². The summed E-state index contributed by atoms with van der Waals surface area (Å²) in [7, 11) is 0. The Labute approximate surface area is 195 Å². The highest BCUT2D eigenvalue weighted by Crippen LogP contribution is 2.45. The fraction of sp³-hybridized carbons (Fsp3) is 0.345. The van der Waals surface area contributed by atoms with Gasteiger partial charge in [-0.1, -0.05) is 60.7 Å². The van der Waals surface area contributed by atoms with Gasteiger partial charge in [0, 0.05) is 12.6 Å². The molecule has 0 amide bonds. The van der Waals surface area contributed by atoms with Crippen LogP contribution in [0.15, 0.2) is 72.8 Å². The van der Waals surface area contributed by atoms with E-state index >= 15 is 0 Å². The summed E-state index contributed by atoms with van der Waals surface area (Å²) in [4.78, 5) is 14.3. The summed E-state index contributed by atoms with van der Waals surface area (Å²) in [5.41, 5.74) is 3.68.